The van der Waals surface area contributed by atoms with Crippen molar-refractivity contribution in [3.8, 4) is 12.3 Å². The summed E-state index contributed by atoms with van der Waals surface area (Å²) in [5.74, 6) is 2.53. The van der Waals surface area contributed by atoms with Crippen molar-refractivity contribution in [3.63, 3.8) is 0 Å². The van der Waals surface area contributed by atoms with Crippen LogP contribution in [0.5, 0.6) is 0 Å². The number of alkyl halides is 3. The van der Waals surface area contributed by atoms with Crippen molar-refractivity contribution in [2.75, 3.05) is 11.9 Å². The SMILES string of the molecule is C#CCCCNc1cc(C(F)(F)F)cc(Cl)n1. The first-order valence-electron chi connectivity index (χ1n) is 4.85. The van der Waals surface area contributed by atoms with Crippen LogP contribution in [0.2, 0.25) is 5.15 Å². The molecule has 0 amide bonds. The molecule has 0 saturated heterocycles. The Bertz CT molecular complexity index is 424. The largest absolute Gasteiger partial charge is 0.416 e. The molecule has 0 aromatic carbocycles. The molecule has 0 atom stereocenters. The second-order valence-electron chi connectivity index (χ2n) is 3.30. The molecule has 0 spiro atoms. The highest BCUT2D eigenvalue weighted by atomic mass is 35.5. The zero-order valence-corrected chi connectivity index (χ0v) is 9.57. The van der Waals surface area contributed by atoms with Gasteiger partial charge in [0.2, 0.25) is 0 Å². The van der Waals surface area contributed by atoms with Crippen LogP contribution in [0.25, 0.3) is 0 Å². The van der Waals surface area contributed by atoms with E-state index in [1.807, 2.05) is 0 Å². The van der Waals surface area contributed by atoms with Gasteiger partial charge in [0.05, 0.1) is 5.56 Å². The van der Waals surface area contributed by atoms with Gasteiger partial charge in [-0.1, -0.05) is 11.6 Å². The van der Waals surface area contributed by atoms with Gasteiger partial charge in [0.15, 0.2) is 0 Å². The Kier molecular flexibility index (Phi) is 4.64. The second-order valence-corrected chi connectivity index (χ2v) is 3.68. The number of halogens is 4. The van der Waals surface area contributed by atoms with Crippen LogP contribution < -0.4 is 5.32 Å². The molecule has 0 aliphatic rings. The van der Waals surface area contributed by atoms with Crippen molar-refractivity contribution < 1.29 is 13.2 Å². The van der Waals surface area contributed by atoms with Gasteiger partial charge in [0, 0.05) is 13.0 Å². The molecule has 1 heterocycles. The molecule has 17 heavy (non-hydrogen) atoms. The van der Waals surface area contributed by atoms with Crippen molar-refractivity contribution in [2.24, 2.45) is 0 Å². The molecule has 1 rings (SSSR count). The van der Waals surface area contributed by atoms with Crippen LogP contribution in [0.15, 0.2) is 12.1 Å². The lowest BCUT2D eigenvalue weighted by molar-refractivity contribution is -0.137. The molecule has 2 nitrogen and oxygen atoms in total. The summed E-state index contributed by atoms with van der Waals surface area (Å²) >= 11 is 5.51. The summed E-state index contributed by atoms with van der Waals surface area (Å²) in [7, 11) is 0. The van der Waals surface area contributed by atoms with Gasteiger partial charge in [-0.15, -0.1) is 12.3 Å². The smallest absolute Gasteiger partial charge is 0.370 e. The molecule has 0 saturated carbocycles. The number of anilines is 1. The van der Waals surface area contributed by atoms with E-state index in [1.165, 1.54) is 0 Å². The molecule has 1 aromatic heterocycles. The van der Waals surface area contributed by atoms with Crippen LogP contribution in [-0.4, -0.2) is 11.5 Å². The molecule has 0 aliphatic heterocycles. The first-order chi connectivity index (χ1) is 7.93. The highest BCUT2D eigenvalue weighted by Crippen LogP contribution is 2.31. The maximum Gasteiger partial charge on any atom is 0.416 e. The monoisotopic (exact) mass is 262 g/mol. The molecule has 6 heteroatoms. The molecule has 0 bridgehead atoms. The van der Waals surface area contributed by atoms with Crippen LogP contribution in [-0.2, 0) is 6.18 Å². The zero-order chi connectivity index (χ0) is 12.9. The summed E-state index contributed by atoms with van der Waals surface area (Å²) < 4.78 is 37.4. The van der Waals surface area contributed by atoms with Gasteiger partial charge in [-0.3, -0.25) is 0 Å². The lowest BCUT2D eigenvalue weighted by Gasteiger charge is -2.10. The molecule has 0 radical (unpaired) electrons. The zero-order valence-electron chi connectivity index (χ0n) is 8.81. The average Bonchev–Trinajstić information content (AvgIpc) is 2.22. The van der Waals surface area contributed by atoms with Gasteiger partial charge in [-0.2, -0.15) is 13.2 Å². The van der Waals surface area contributed by atoms with Crippen molar-refractivity contribution in [1.82, 2.24) is 4.98 Å². The summed E-state index contributed by atoms with van der Waals surface area (Å²) in [4.78, 5) is 3.75. The van der Waals surface area contributed by atoms with Gasteiger partial charge in [0.1, 0.15) is 11.0 Å². The van der Waals surface area contributed by atoms with Crippen molar-refractivity contribution in [2.45, 2.75) is 19.0 Å². The fraction of sp³-hybridized carbons (Fsp3) is 0.364. The lowest BCUT2D eigenvalue weighted by Crippen LogP contribution is -2.09. The third-order valence-electron chi connectivity index (χ3n) is 1.93. The van der Waals surface area contributed by atoms with Gasteiger partial charge in [-0.05, 0) is 18.6 Å². The molecule has 1 N–H and O–H groups in total. The van der Waals surface area contributed by atoms with Crippen LogP contribution in [0.4, 0.5) is 19.0 Å². The Labute approximate surface area is 102 Å². The van der Waals surface area contributed by atoms with E-state index in [4.69, 9.17) is 18.0 Å². The summed E-state index contributed by atoms with van der Waals surface area (Å²) in [6.45, 7) is 0.453. The van der Waals surface area contributed by atoms with Crippen molar-refractivity contribution in [3.05, 3.63) is 22.8 Å². The maximum atomic E-state index is 12.5. The summed E-state index contributed by atoms with van der Waals surface area (Å²) in [6.07, 6.45) is 1.84. The minimum atomic E-state index is -4.43. The van der Waals surface area contributed by atoms with E-state index in [0.29, 0.717) is 19.4 Å². The van der Waals surface area contributed by atoms with E-state index < -0.39 is 11.7 Å². The number of hydrogen-bond acceptors (Lipinski definition) is 2. The first-order valence-corrected chi connectivity index (χ1v) is 5.23. The quantitative estimate of drug-likeness (QED) is 0.510. The predicted octanol–water partition coefficient (Wildman–Crippen LogP) is 3.58. The number of unbranched alkanes of at least 4 members (excludes halogenated alkanes) is 1. The summed E-state index contributed by atoms with van der Waals surface area (Å²) in [6, 6.07) is 1.70. The van der Waals surface area contributed by atoms with E-state index >= 15 is 0 Å². The minimum Gasteiger partial charge on any atom is -0.370 e. The normalized spacial score (nSPS) is 11.0. The topological polar surface area (TPSA) is 24.9 Å². The summed E-state index contributed by atoms with van der Waals surface area (Å²) in [5.41, 5.74) is -0.822. The summed E-state index contributed by atoms with van der Waals surface area (Å²) in [5, 5.41) is 2.55. The highest BCUT2D eigenvalue weighted by Gasteiger charge is 2.31. The number of nitrogens with zero attached hydrogens (tertiary/aromatic N) is 1. The van der Waals surface area contributed by atoms with E-state index in [0.717, 1.165) is 12.1 Å². The van der Waals surface area contributed by atoms with Crippen LogP contribution >= 0.6 is 11.6 Å². The van der Waals surface area contributed by atoms with Gasteiger partial charge in [0.25, 0.3) is 0 Å². The fourth-order valence-electron chi connectivity index (χ4n) is 1.16. The number of terminal acetylenes is 1. The number of aromatic nitrogens is 1. The lowest BCUT2D eigenvalue weighted by atomic mass is 10.2. The van der Waals surface area contributed by atoms with Crippen LogP contribution in [0.3, 0.4) is 0 Å². The number of rotatable bonds is 4. The van der Waals surface area contributed by atoms with Gasteiger partial charge < -0.3 is 5.32 Å². The Balaban J connectivity index is 2.73. The molecule has 0 unspecified atom stereocenters. The van der Waals surface area contributed by atoms with Crippen molar-refractivity contribution in [1.29, 1.82) is 0 Å². The Morgan fingerprint density at radius 3 is 2.71 bits per heavy atom. The second kappa shape index (κ2) is 5.78. The van der Waals surface area contributed by atoms with E-state index in [-0.39, 0.29) is 11.0 Å². The van der Waals surface area contributed by atoms with Gasteiger partial charge in [-0.25, -0.2) is 4.98 Å². The third kappa shape index (κ3) is 4.53. The predicted molar refractivity (Wildman–Crippen MR) is 60.8 cm³/mol. The first kappa shape index (κ1) is 13.7. The molecule has 0 fully saturated rings. The Hall–Kier alpha value is -1.41. The number of hydrogen-bond donors (Lipinski definition) is 1. The minimum absolute atomic E-state index is 0.0989. The maximum absolute atomic E-state index is 12.5. The highest BCUT2D eigenvalue weighted by molar-refractivity contribution is 6.29. The number of pyridine rings is 1. The third-order valence-corrected chi connectivity index (χ3v) is 2.12. The van der Waals surface area contributed by atoms with Gasteiger partial charge >= 0.3 is 6.18 Å². The standard InChI is InChI=1S/C11H10ClF3N2/c1-2-3-4-5-16-10-7-8(11(13,14)15)6-9(12)17-10/h1,6-7H,3-5H2,(H,16,17). The Morgan fingerprint density at radius 1 is 1.41 bits per heavy atom. The van der Waals surface area contributed by atoms with Crippen LogP contribution in [0.1, 0.15) is 18.4 Å². The molecule has 92 valence electrons. The molecular formula is C11H10ClF3N2. The number of nitrogens with one attached hydrogen (secondary N) is 1. The Morgan fingerprint density at radius 2 is 2.12 bits per heavy atom. The van der Waals surface area contributed by atoms with E-state index in [2.05, 4.69) is 16.2 Å². The van der Waals surface area contributed by atoms with Crippen LogP contribution in [0, 0.1) is 12.3 Å². The van der Waals surface area contributed by atoms with E-state index in [9.17, 15) is 13.2 Å². The molecule has 1 aromatic rings. The van der Waals surface area contributed by atoms with Crippen molar-refractivity contribution >= 4 is 17.4 Å². The van der Waals surface area contributed by atoms with E-state index in [1.54, 1.807) is 0 Å². The average molecular weight is 263 g/mol. The fourth-order valence-corrected chi connectivity index (χ4v) is 1.37. The molecular weight excluding hydrogens is 253 g/mol. The molecule has 0 aliphatic carbocycles.